The van der Waals surface area contributed by atoms with Gasteiger partial charge in [0.1, 0.15) is 0 Å². The third kappa shape index (κ3) is 3.84. The summed E-state index contributed by atoms with van der Waals surface area (Å²) in [5.74, 6) is 0.643. The van der Waals surface area contributed by atoms with Crippen LogP contribution < -0.4 is 5.46 Å². The fraction of sp³-hybridized carbons (Fsp3) is 0.385. The van der Waals surface area contributed by atoms with Gasteiger partial charge in [-0.25, -0.2) is 0 Å². The summed E-state index contributed by atoms with van der Waals surface area (Å²) in [6.45, 7) is 6.21. The van der Waals surface area contributed by atoms with Crippen LogP contribution >= 0.6 is 0 Å². The summed E-state index contributed by atoms with van der Waals surface area (Å²) in [6, 6.07) is 5.71. The second-order valence-corrected chi connectivity index (χ2v) is 4.52. The smallest absolute Gasteiger partial charge is 0.423 e. The first-order valence-corrected chi connectivity index (χ1v) is 5.64. The maximum atomic E-state index is 9.17. The summed E-state index contributed by atoms with van der Waals surface area (Å²) in [5.41, 5.74) is 2.48. The minimum Gasteiger partial charge on any atom is -0.423 e. The lowest BCUT2D eigenvalue weighted by molar-refractivity contribution is 0.425. The maximum Gasteiger partial charge on any atom is 0.488 e. The highest BCUT2D eigenvalue weighted by Gasteiger charge is 2.13. The molecule has 16 heavy (non-hydrogen) atoms. The van der Waals surface area contributed by atoms with E-state index < -0.39 is 7.12 Å². The molecule has 2 nitrogen and oxygen atoms in total. The van der Waals surface area contributed by atoms with Crippen LogP contribution in [0.3, 0.4) is 0 Å². The van der Waals surface area contributed by atoms with Crippen molar-refractivity contribution in [1.82, 2.24) is 0 Å². The highest BCUT2D eigenvalue weighted by molar-refractivity contribution is 6.59. The summed E-state index contributed by atoms with van der Waals surface area (Å²) in [7, 11) is -1.39. The Kier molecular flexibility index (Phi) is 4.78. The summed E-state index contributed by atoms with van der Waals surface area (Å²) in [4.78, 5) is 0. The van der Waals surface area contributed by atoms with E-state index in [1.807, 2.05) is 31.2 Å². The summed E-state index contributed by atoms with van der Waals surface area (Å²) in [6.07, 6.45) is 5.17. The Morgan fingerprint density at radius 3 is 2.56 bits per heavy atom. The fourth-order valence-corrected chi connectivity index (χ4v) is 1.52. The molecule has 1 aromatic rings. The number of allylic oxidation sites excluding steroid dienone is 1. The Bertz CT molecular complexity index is 370. The van der Waals surface area contributed by atoms with Gasteiger partial charge in [0, 0.05) is 0 Å². The largest absolute Gasteiger partial charge is 0.488 e. The fourth-order valence-electron chi connectivity index (χ4n) is 1.52. The van der Waals surface area contributed by atoms with Crippen molar-refractivity contribution >= 4 is 18.7 Å². The van der Waals surface area contributed by atoms with Crippen molar-refractivity contribution in [2.75, 3.05) is 0 Å². The zero-order valence-corrected chi connectivity index (χ0v) is 10.1. The molecule has 0 heterocycles. The second kappa shape index (κ2) is 5.87. The molecule has 0 aromatic heterocycles. The Labute approximate surface area is 97.8 Å². The minimum atomic E-state index is -1.39. The van der Waals surface area contributed by atoms with Crippen LogP contribution in [0.25, 0.3) is 6.08 Å². The average Bonchev–Trinajstić information content (AvgIpc) is 2.19. The zero-order valence-electron chi connectivity index (χ0n) is 10.1. The van der Waals surface area contributed by atoms with Crippen LogP contribution in [0.4, 0.5) is 0 Å². The molecule has 1 rings (SSSR count). The van der Waals surface area contributed by atoms with E-state index in [1.54, 1.807) is 0 Å². The van der Waals surface area contributed by atoms with E-state index in [1.165, 1.54) is 0 Å². The van der Waals surface area contributed by atoms with E-state index in [2.05, 4.69) is 19.9 Å². The van der Waals surface area contributed by atoms with Crippen LogP contribution in [0.1, 0.15) is 31.4 Å². The third-order valence-electron chi connectivity index (χ3n) is 2.50. The number of hydrogen-bond acceptors (Lipinski definition) is 2. The molecule has 0 saturated carbocycles. The molecule has 0 amide bonds. The minimum absolute atomic E-state index is 0.576. The number of rotatable bonds is 4. The van der Waals surface area contributed by atoms with Gasteiger partial charge in [-0.2, -0.15) is 0 Å². The van der Waals surface area contributed by atoms with Crippen LogP contribution in [0.2, 0.25) is 0 Å². The molecule has 0 bridgehead atoms. The first-order valence-electron chi connectivity index (χ1n) is 5.64. The van der Waals surface area contributed by atoms with Gasteiger partial charge in [0.2, 0.25) is 0 Å². The van der Waals surface area contributed by atoms with Crippen molar-refractivity contribution in [3.05, 3.63) is 35.4 Å². The number of hydrogen-bond donors (Lipinski definition) is 2. The summed E-state index contributed by atoms with van der Waals surface area (Å²) >= 11 is 0. The molecule has 0 aliphatic heterocycles. The lowest BCUT2D eigenvalue weighted by Gasteiger charge is -2.05. The highest BCUT2D eigenvalue weighted by atomic mass is 16.4. The maximum absolute atomic E-state index is 9.17. The van der Waals surface area contributed by atoms with Gasteiger partial charge in [0.15, 0.2) is 0 Å². The normalized spacial score (nSPS) is 11.4. The lowest BCUT2D eigenvalue weighted by atomic mass is 9.76. The SMILES string of the molecule is Cc1ccc(/C=C/CC(C)C)cc1B(O)O. The topological polar surface area (TPSA) is 40.5 Å². The highest BCUT2D eigenvalue weighted by Crippen LogP contribution is 2.07. The van der Waals surface area contributed by atoms with Crippen LogP contribution in [0, 0.1) is 12.8 Å². The van der Waals surface area contributed by atoms with Crippen molar-refractivity contribution in [1.29, 1.82) is 0 Å². The summed E-state index contributed by atoms with van der Waals surface area (Å²) < 4.78 is 0. The molecule has 86 valence electrons. The molecule has 2 N–H and O–H groups in total. The molecular formula is C13H19BO2. The first-order chi connectivity index (χ1) is 7.50. The van der Waals surface area contributed by atoms with Crippen LogP contribution in [0.15, 0.2) is 24.3 Å². The third-order valence-corrected chi connectivity index (χ3v) is 2.50. The van der Waals surface area contributed by atoms with Crippen molar-refractivity contribution < 1.29 is 10.0 Å². The Balaban J connectivity index is 2.82. The van der Waals surface area contributed by atoms with Gasteiger partial charge in [-0.15, -0.1) is 0 Å². The van der Waals surface area contributed by atoms with Gasteiger partial charge in [-0.05, 0) is 30.3 Å². The Morgan fingerprint density at radius 2 is 2.00 bits per heavy atom. The Morgan fingerprint density at radius 1 is 1.31 bits per heavy atom. The van der Waals surface area contributed by atoms with Gasteiger partial charge >= 0.3 is 7.12 Å². The number of benzene rings is 1. The predicted molar refractivity (Wildman–Crippen MR) is 69.5 cm³/mol. The van der Waals surface area contributed by atoms with E-state index in [4.69, 9.17) is 0 Å². The van der Waals surface area contributed by atoms with E-state index >= 15 is 0 Å². The van der Waals surface area contributed by atoms with Crippen molar-refractivity contribution in [3.63, 3.8) is 0 Å². The molecule has 3 heteroatoms. The van der Waals surface area contributed by atoms with Crippen LogP contribution in [-0.2, 0) is 0 Å². The first kappa shape index (κ1) is 13.0. The zero-order chi connectivity index (χ0) is 12.1. The molecule has 0 spiro atoms. The van der Waals surface area contributed by atoms with E-state index in [0.717, 1.165) is 17.5 Å². The summed E-state index contributed by atoms with van der Waals surface area (Å²) in [5, 5.41) is 18.3. The van der Waals surface area contributed by atoms with Gasteiger partial charge in [0.05, 0.1) is 0 Å². The van der Waals surface area contributed by atoms with E-state index in [0.29, 0.717) is 11.4 Å². The predicted octanol–water partition coefficient (Wildman–Crippen LogP) is 1.73. The number of aryl methyl sites for hydroxylation is 1. The standard InChI is InChI=1S/C13H19BO2/c1-10(2)5-4-6-12-8-7-11(3)13(9-12)14(15)16/h4,6-10,15-16H,5H2,1-3H3/b6-4+. The quantitative estimate of drug-likeness (QED) is 0.755. The molecule has 0 saturated heterocycles. The van der Waals surface area contributed by atoms with Crippen molar-refractivity contribution in [3.8, 4) is 0 Å². The average molecular weight is 218 g/mol. The molecular weight excluding hydrogens is 199 g/mol. The van der Waals surface area contributed by atoms with Crippen molar-refractivity contribution in [2.45, 2.75) is 27.2 Å². The van der Waals surface area contributed by atoms with Crippen LogP contribution in [0.5, 0.6) is 0 Å². The monoisotopic (exact) mass is 218 g/mol. The van der Waals surface area contributed by atoms with Gasteiger partial charge < -0.3 is 10.0 Å². The van der Waals surface area contributed by atoms with Gasteiger partial charge in [-0.1, -0.05) is 49.8 Å². The second-order valence-electron chi connectivity index (χ2n) is 4.52. The molecule has 0 aliphatic carbocycles. The van der Waals surface area contributed by atoms with E-state index in [9.17, 15) is 10.0 Å². The molecule has 0 aliphatic rings. The van der Waals surface area contributed by atoms with Gasteiger partial charge in [0.25, 0.3) is 0 Å². The lowest BCUT2D eigenvalue weighted by Crippen LogP contribution is -2.32. The molecule has 1 aromatic carbocycles. The van der Waals surface area contributed by atoms with Crippen LogP contribution in [-0.4, -0.2) is 17.2 Å². The Hall–Kier alpha value is -1.06. The van der Waals surface area contributed by atoms with Crippen molar-refractivity contribution in [2.24, 2.45) is 5.92 Å². The molecule has 0 radical (unpaired) electrons. The molecule has 0 unspecified atom stereocenters. The van der Waals surface area contributed by atoms with Gasteiger partial charge in [-0.3, -0.25) is 0 Å². The molecule has 0 atom stereocenters. The van der Waals surface area contributed by atoms with E-state index in [-0.39, 0.29) is 0 Å². The molecule has 0 fully saturated rings.